The lowest BCUT2D eigenvalue weighted by molar-refractivity contribution is -0.130. The number of nitrogens with two attached hydrogens (primary N) is 1. The van der Waals surface area contributed by atoms with Crippen molar-refractivity contribution in [3.05, 3.63) is 29.6 Å². The summed E-state index contributed by atoms with van der Waals surface area (Å²) in [6.07, 6.45) is 3.51. The Morgan fingerprint density at radius 2 is 2.22 bits per heavy atom. The van der Waals surface area contributed by atoms with Gasteiger partial charge in [0.25, 0.3) is 0 Å². The molecule has 0 unspecified atom stereocenters. The SMILES string of the molecule is CC(=O)N1CCC[C@H](c2ccc(C(N)=O)cn2)C1. The molecular weight excluding hydrogens is 230 g/mol. The Bertz CT molecular complexity index is 456. The number of aromatic nitrogens is 1. The van der Waals surface area contributed by atoms with Crippen molar-refractivity contribution in [2.75, 3.05) is 13.1 Å². The van der Waals surface area contributed by atoms with Crippen LogP contribution in [0.25, 0.3) is 0 Å². The predicted molar refractivity (Wildman–Crippen MR) is 67.0 cm³/mol. The molecule has 2 rings (SSSR count). The normalized spacial score (nSPS) is 19.6. The van der Waals surface area contributed by atoms with Crippen LogP contribution in [0.3, 0.4) is 0 Å². The van der Waals surface area contributed by atoms with Crippen molar-refractivity contribution in [1.29, 1.82) is 0 Å². The molecule has 0 saturated carbocycles. The van der Waals surface area contributed by atoms with Gasteiger partial charge in [-0.3, -0.25) is 14.6 Å². The van der Waals surface area contributed by atoms with Crippen LogP contribution in [0.15, 0.2) is 18.3 Å². The van der Waals surface area contributed by atoms with Crippen molar-refractivity contribution in [3.63, 3.8) is 0 Å². The average Bonchev–Trinajstić information content (AvgIpc) is 2.39. The first-order valence-electron chi connectivity index (χ1n) is 6.09. The Balaban J connectivity index is 2.11. The van der Waals surface area contributed by atoms with Crippen molar-refractivity contribution in [2.24, 2.45) is 5.73 Å². The number of piperidine rings is 1. The average molecular weight is 247 g/mol. The lowest BCUT2D eigenvalue weighted by Crippen LogP contribution is -2.37. The highest BCUT2D eigenvalue weighted by Crippen LogP contribution is 2.25. The Morgan fingerprint density at radius 1 is 1.44 bits per heavy atom. The molecule has 1 aromatic rings. The van der Waals surface area contributed by atoms with Crippen molar-refractivity contribution >= 4 is 11.8 Å². The Labute approximate surface area is 106 Å². The summed E-state index contributed by atoms with van der Waals surface area (Å²) in [5.74, 6) is -0.110. The van der Waals surface area contributed by atoms with E-state index in [1.165, 1.54) is 6.20 Å². The van der Waals surface area contributed by atoms with Crippen LogP contribution in [0.5, 0.6) is 0 Å². The smallest absolute Gasteiger partial charge is 0.250 e. The second-order valence-electron chi connectivity index (χ2n) is 4.64. The summed E-state index contributed by atoms with van der Waals surface area (Å²) in [7, 11) is 0. The minimum atomic E-state index is -0.469. The van der Waals surface area contributed by atoms with Gasteiger partial charge < -0.3 is 10.6 Å². The fourth-order valence-corrected chi connectivity index (χ4v) is 2.30. The molecule has 1 saturated heterocycles. The third-order valence-electron chi connectivity index (χ3n) is 3.36. The monoisotopic (exact) mass is 247 g/mol. The summed E-state index contributed by atoms with van der Waals surface area (Å²) in [6, 6.07) is 3.52. The largest absolute Gasteiger partial charge is 0.366 e. The molecule has 1 aliphatic rings. The number of hydrogen-bond donors (Lipinski definition) is 1. The topological polar surface area (TPSA) is 76.3 Å². The quantitative estimate of drug-likeness (QED) is 0.843. The molecule has 5 heteroatoms. The van der Waals surface area contributed by atoms with Crippen molar-refractivity contribution in [3.8, 4) is 0 Å². The zero-order valence-electron chi connectivity index (χ0n) is 10.4. The maximum atomic E-state index is 11.4. The van der Waals surface area contributed by atoms with Gasteiger partial charge in [0.05, 0.1) is 5.56 Å². The molecule has 0 radical (unpaired) electrons. The molecule has 96 valence electrons. The standard InChI is InChI=1S/C13H17N3O2/c1-9(17)16-6-2-3-11(8-16)12-5-4-10(7-15-12)13(14)18/h4-5,7,11H,2-3,6,8H2,1H3,(H2,14,18)/t11-/m0/s1. The highest BCUT2D eigenvalue weighted by Gasteiger charge is 2.23. The molecule has 5 nitrogen and oxygen atoms in total. The number of primary amides is 1. The van der Waals surface area contributed by atoms with E-state index in [0.29, 0.717) is 12.1 Å². The predicted octanol–water partition coefficient (Wildman–Crippen LogP) is 0.906. The molecule has 0 aromatic carbocycles. The van der Waals surface area contributed by atoms with Gasteiger partial charge in [0.15, 0.2) is 0 Å². The molecule has 2 amide bonds. The lowest BCUT2D eigenvalue weighted by Gasteiger charge is -2.31. The zero-order chi connectivity index (χ0) is 13.1. The first-order valence-corrected chi connectivity index (χ1v) is 6.09. The van der Waals surface area contributed by atoms with E-state index < -0.39 is 5.91 Å². The first-order chi connectivity index (χ1) is 8.58. The Hall–Kier alpha value is -1.91. The number of hydrogen-bond acceptors (Lipinski definition) is 3. The molecule has 2 N–H and O–H groups in total. The Kier molecular flexibility index (Phi) is 3.60. The number of amides is 2. The number of carbonyl (C=O) groups is 2. The van der Waals surface area contributed by atoms with Gasteiger partial charge in [-0.15, -0.1) is 0 Å². The number of carbonyl (C=O) groups excluding carboxylic acids is 2. The summed E-state index contributed by atoms with van der Waals surface area (Å²) in [4.78, 5) is 28.4. The van der Waals surface area contributed by atoms with E-state index >= 15 is 0 Å². The number of likely N-dealkylation sites (tertiary alicyclic amines) is 1. The number of pyridine rings is 1. The van der Waals surface area contributed by atoms with Crippen LogP contribution < -0.4 is 5.73 Å². The molecule has 0 bridgehead atoms. The molecular formula is C13H17N3O2. The van der Waals surface area contributed by atoms with Crippen molar-refractivity contribution in [1.82, 2.24) is 9.88 Å². The van der Waals surface area contributed by atoms with Crippen LogP contribution in [0.1, 0.15) is 41.7 Å². The van der Waals surface area contributed by atoms with Gasteiger partial charge in [-0.2, -0.15) is 0 Å². The molecule has 2 heterocycles. The Morgan fingerprint density at radius 3 is 2.78 bits per heavy atom. The lowest BCUT2D eigenvalue weighted by atomic mass is 9.94. The fraction of sp³-hybridized carbons (Fsp3) is 0.462. The fourth-order valence-electron chi connectivity index (χ4n) is 2.30. The van der Waals surface area contributed by atoms with E-state index in [1.54, 1.807) is 13.0 Å². The molecule has 0 spiro atoms. The van der Waals surface area contributed by atoms with Crippen molar-refractivity contribution in [2.45, 2.75) is 25.7 Å². The minimum absolute atomic E-state index is 0.105. The van der Waals surface area contributed by atoms with E-state index in [4.69, 9.17) is 5.73 Å². The van der Waals surface area contributed by atoms with E-state index in [9.17, 15) is 9.59 Å². The van der Waals surface area contributed by atoms with Crippen LogP contribution >= 0.6 is 0 Å². The van der Waals surface area contributed by atoms with Crippen molar-refractivity contribution < 1.29 is 9.59 Å². The molecule has 1 fully saturated rings. The maximum Gasteiger partial charge on any atom is 0.250 e. The molecule has 1 aromatic heterocycles. The van der Waals surface area contributed by atoms with Gasteiger partial charge >= 0.3 is 0 Å². The van der Waals surface area contributed by atoms with E-state index in [1.807, 2.05) is 11.0 Å². The summed E-state index contributed by atoms with van der Waals surface area (Å²) < 4.78 is 0. The molecule has 0 aliphatic carbocycles. The van der Waals surface area contributed by atoms with E-state index in [-0.39, 0.29) is 11.8 Å². The highest BCUT2D eigenvalue weighted by atomic mass is 16.2. The summed E-state index contributed by atoms with van der Waals surface area (Å²) in [5, 5.41) is 0. The van der Waals surface area contributed by atoms with Gasteiger partial charge in [-0.05, 0) is 25.0 Å². The molecule has 18 heavy (non-hydrogen) atoms. The third kappa shape index (κ3) is 2.67. The second-order valence-corrected chi connectivity index (χ2v) is 4.64. The van der Waals surface area contributed by atoms with Gasteiger partial charge in [0.2, 0.25) is 11.8 Å². The number of rotatable bonds is 2. The summed E-state index contributed by atoms with van der Waals surface area (Å²) >= 11 is 0. The zero-order valence-corrected chi connectivity index (χ0v) is 10.4. The maximum absolute atomic E-state index is 11.4. The van der Waals surface area contributed by atoms with Gasteiger partial charge in [-0.25, -0.2) is 0 Å². The summed E-state index contributed by atoms with van der Waals surface area (Å²) in [6.45, 7) is 3.12. The summed E-state index contributed by atoms with van der Waals surface area (Å²) in [5.41, 5.74) is 6.51. The van der Waals surface area contributed by atoms with Gasteiger partial charge in [0.1, 0.15) is 0 Å². The first kappa shape index (κ1) is 12.5. The van der Waals surface area contributed by atoms with Crippen LogP contribution in [0.4, 0.5) is 0 Å². The third-order valence-corrected chi connectivity index (χ3v) is 3.36. The van der Waals surface area contributed by atoms with Gasteiger partial charge in [0, 0.05) is 37.8 Å². The van der Waals surface area contributed by atoms with E-state index in [0.717, 1.165) is 25.1 Å². The molecule has 1 atom stereocenters. The minimum Gasteiger partial charge on any atom is -0.366 e. The van der Waals surface area contributed by atoms with E-state index in [2.05, 4.69) is 4.98 Å². The van der Waals surface area contributed by atoms with Crippen LogP contribution in [0.2, 0.25) is 0 Å². The molecule has 1 aliphatic heterocycles. The number of nitrogens with zero attached hydrogens (tertiary/aromatic N) is 2. The van der Waals surface area contributed by atoms with Gasteiger partial charge in [-0.1, -0.05) is 0 Å². The van der Waals surface area contributed by atoms with Crippen LogP contribution in [-0.4, -0.2) is 34.8 Å². The highest BCUT2D eigenvalue weighted by molar-refractivity contribution is 5.92. The van der Waals surface area contributed by atoms with Crippen LogP contribution in [0, 0.1) is 0 Å². The second kappa shape index (κ2) is 5.16. The van der Waals surface area contributed by atoms with Crippen LogP contribution in [-0.2, 0) is 4.79 Å².